The van der Waals surface area contributed by atoms with Gasteiger partial charge in [-0.2, -0.15) is 0 Å². The Hall–Kier alpha value is -2.30. The SMILES string of the molecule is C=CC(=O)N1CCCCC1.Cc1c[nH]c2nccc(N)c12. The van der Waals surface area contributed by atoms with Crippen molar-refractivity contribution in [2.24, 2.45) is 0 Å². The number of carbonyl (C=O) groups excluding carboxylic acids is 1. The number of fused-ring (bicyclic) bond motifs is 1. The van der Waals surface area contributed by atoms with Crippen molar-refractivity contribution in [3.63, 3.8) is 0 Å². The predicted octanol–water partition coefficient (Wildman–Crippen LogP) is 2.64. The maximum Gasteiger partial charge on any atom is 0.245 e. The average molecular weight is 286 g/mol. The normalized spacial score (nSPS) is 14.4. The number of hydrogen-bond donors (Lipinski definition) is 2. The minimum absolute atomic E-state index is 0.0831. The van der Waals surface area contributed by atoms with Crippen LogP contribution in [-0.2, 0) is 4.79 Å². The second-order valence-electron chi connectivity index (χ2n) is 5.19. The molecule has 0 aromatic carbocycles. The molecule has 112 valence electrons. The van der Waals surface area contributed by atoms with Crippen molar-refractivity contribution in [1.29, 1.82) is 0 Å². The molecule has 5 nitrogen and oxygen atoms in total. The lowest BCUT2D eigenvalue weighted by Gasteiger charge is -2.25. The molecule has 0 bridgehead atoms. The molecule has 1 amide bonds. The topological polar surface area (TPSA) is 75.0 Å². The van der Waals surface area contributed by atoms with Gasteiger partial charge in [-0.05, 0) is 43.9 Å². The zero-order chi connectivity index (χ0) is 15.2. The van der Waals surface area contributed by atoms with E-state index in [0.717, 1.165) is 48.2 Å². The molecule has 21 heavy (non-hydrogen) atoms. The van der Waals surface area contributed by atoms with Crippen molar-refractivity contribution in [3.05, 3.63) is 36.7 Å². The average Bonchev–Trinajstić information content (AvgIpc) is 2.91. The van der Waals surface area contributed by atoms with Crippen LogP contribution in [0.2, 0.25) is 0 Å². The number of anilines is 1. The summed E-state index contributed by atoms with van der Waals surface area (Å²) in [5.41, 5.74) is 8.53. The number of H-pyrrole nitrogens is 1. The molecule has 0 radical (unpaired) electrons. The van der Waals surface area contributed by atoms with Gasteiger partial charge in [0.05, 0.1) is 0 Å². The van der Waals surface area contributed by atoms with Crippen LogP contribution >= 0.6 is 0 Å². The van der Waals surface area contributed by atoms with Crippen LogP contribution in [0, 0.1) is 6.92 Å². The number of pyridine rings is 1. The number of rotatable bonds is 1. The fourth-order valence-electron chi connectivity index (χ4n) is 2.49. The number of aromatic amines is 1. The van der Waals surface area contributed by atoms with Crippen LogP contribution in [0.25, 0.3) is 11.0 Å². The number of nitrogens with zero attached hydrogens (tertiary/aromatic N) is 2. The van der Waals surface area contributed by atoms with Crippen molar-refractivity contribution in [1.82, 2.24) is 14.9 Å². The first-order valence-electron chi connectivity index (χ1n) is 7.23. The third-order valence-electron chi connectivity index (χ3n) is 3.65. The molecule has 1 fully saturated rings. The van der Waals surface area contributed by atoms with Crippen LogP contribution in [0.3, 0.4) is 0 Å². The second kappa shape index (κ2) is 6.92. The summed E-state index contributed by atoms with van der Waals surface area (Å²) in [6, 6.07) is 1.81. The Morgan fingerprint density at radius 2 is 2.14 bits per heavy atom. The summed E-state index contributed by atoms with van der Waals surface area (Å²) in [5.74, 6) is 0.0831. The van der Waals surface area contributed by atoms with Crippen molar-refractivity contribution in [2.75, 3.05) is 18.8 Å². The lowest BCUT2D eigenvalue weighted by Crippen LogP contribution is -2.34. The smallest absolute Gasteiger partial charge is 0.245 e. The van der Waals surface area contributed by atoms with Gasteiger partial charge >= 0.3 is 0 Å². The molecular weight excluding hydrogens is 264 g/mol. The summed E-state index contributed by atoms with van der Waals surface area (Å²) in [5, 5.41) is 1.03. The first-order valence-corrected chi connectivity index (χ1v) is 7.23. The first kappa shape index (κ1) is 15.1. The van der Waals surface area contributed by atoms with Crippen LogP contribution in [0.15, 0.2) is 31.1 Å². The molecule has 3 rings (SSSR count). The molecule has 5 heteroatoms. The van der Waals surface area contributed by atoms with Crippen molar-refractivity contribution in [2.45, 2.75) is 26.2 Å². The highest BCUT2D eigenvalue weighted by atomic mass is 16.2. The zero-order valence-corrected chi connectivity index (χ0v) is 12.4. The molecule has 0 saturated carbocycles. The number of aromatic nitrogens is 2. The monoisotopic (exact) mass is 286 g/mol. The van der Waals surface area contributed by atoms with Gasteiger partial charge in [-0.15, -0.1) is 0 Å². The van der Waals surface area contributed by atoms with Gasteiger partial charge in [0.2, 0.25) is 5.91 Å². The standard InChI is InChI=1S/C8H9N3.C8H13NO/c1-5-4-11-8-7(5)6(9)2-3-10-8;1-2-8(10)9-6-4-3-5-7-9/h2-4H,1H3,(H3,9,10,11);2H,1,3-7H2. The van der Waals surface area contributed by atoms with Crippen molar-refractivity contribution >= 4 is 22.6 Å². The van der Waals surface area contributed by atoms with E-state index in [1.54, 1.807) is 6.20 Å². The van der Waals surface area contributed by atoms with E-state index in [9.17, 15) is 4.79 Å². The second-order valence-corrected chi connectivity index (χ2v) is 5.19. The van der Waals surface area contributed by atoms with E-state index in [1.807, 2.05) is 24.1 Å². The summed E-state index contributed by atoms with van der Waals surface area (Å²) in [4.78, 5) is 20.0. The molecule has 1 aliphatic rings. The maximum absolute atomic E-state index is 11.0. The number of nitrogens with one attached hydrogen (secondary N) is 1. The van der Waals surface area contributed by atoms with Gasteiger partial charge in [0.25, 0.3) is 0 Å². The Kier molecular flexibility index (Phi) is 4.98. The number of carbonyl (C=O) groups is 1. The van der Waals surface area contributed by atoms with Crippen LogP contribution < -0.4 is 5.73 Å². The minimum atomic E-state index is 0.0831. The Bertz CT molecular complexity index is 626. The van der Waals surface area contributed by atoms with E-state index < -0.39 is 0 Å². The van der Waals surface area contributed by atoms with Gasteiger partial charge in [-0.25, -0.2) is 4.98 Å². The van der Waals surface area contributed by atoms with E-state index in [-0.39, 0.29) is 5.91 Å². The van der Waals surface area contributed by atoms with E-state index in [1.165, 1.54) is 12.5 Å². The number of aryl methyl sites for hydroxylation is 1. The zero-order valence-electron chi connectivity index (χ0n) is 12.4. The summed E-state index contributed by atoms with van der Waals surface area (Å²) in [6.07, 6.45) is 8.58. The van der Waals surface area contributed by atoms with E-state index >= 15 is 0 Å². The minimum Gasteiger partial charge on any atom is -0.398 e. The first-order chi connectivity index (χ1) is 10.1. The quantitative estimate of drug-likeness (QED) is 0.791. The molecule has 0 atom stereocenters. The van der Waals surface area contributed by atoms with Crippen molar-refractivity contribution < 1.29 is 4.79 Å². The largest absolute Gasteiger partial charge is 0.398 e. The van der Waals surface area contributed by atoms with Gasteiger partial charge in [-0.1, -0.05) is 6.58 Å². The third-order valence-corrected chi connectivity index (χ3v) is 3.65. The molecule has 2 aromatic heterocycles. The fourth-order valence-corrected chi connectivity index (χ4v) is 2.49. The fraction of sp³-hybridized carbons (Fsp3) is 0.375. The van der Waals surface area contributed by atoms with Crippen molar-refractivity contribution in [3.8, 4) is 0 Å². The molecule has 0 unspecified atom stereocenters. The highest BCUT2D eigenvalue weighted by Crippen LogP contribution is 2.20. The van der Waals surface area contributed by atoms with Gasteiger partial charge in [0.1, 0.15) is 5.65 Å². The van der Waals surface area contributed by atoms with E-state index in [4.69, 9.17) is 5.73 Å². The molecule has 3 N–H and O–H groups in total. The number of likely N-dealkylation sites (tertiary alicyclic amines) is 1. The van der Waals surface area contributed by atoms with Gasteiger partial charge in [0, 0.05) is 36.6 Å². The van der Waals surface area contributed by atoms with Gasteiger partial charge in [0.15, 0.2) is 0 Å². The summed E-state index contributed by atoms with van der Waals surface area (Å²) < 4.78 is 0. The van der Waals surface area contributed by atoms with Crippen LogP contribution in [0.5, 0.6) is 0 Å². The summed E-state index contributed by atoms with van der Waals surface area (Å²) in [7, 11) is 0. The predicted molar refractivity (Wildman–Crippen MR) is 85.9 cm³/mol. The van der Waals surface area contributed by atoms with Crippen LogP contribution in [0.1, 0.15) is 24.8 Å². The highest BCUT2D eigenvalue weighted by Gasteiger charge is 2.12. The molecule has 2 aromatic rings. The maximum atomic E-state index is 11.0. The Morgan fingerprint density at radius 3 is 2.76 bits per heavy atom. The Morgan fingerprint density at radius 1 is 1.43 bits per heavy atom. The highest BCUT2D eigenvalue weighted by molar-refractivity contribution is 5.90. The molecule has 1 aliphatic heterocycles. The Balaban J connectivity index is 0.000000155. The number of nitrogens with two attached hydrogens (primary N) is 1. The molecule has 1 saturated heterocycles. The number of nitrogen functional groups attached to an aromatic ring is 1. The molecule has 3 heterocycles. The van der Waals surface area contributed by atoms with Crippen LogP contribution in [0.4, 0.5) is 5.69 Å². The molecular formula is C16H22N4O. The Labute approximate surface area is 124 Å². The van der Waals surface area contributed by atoms with Gasteiger partial charge in [-0.3, -0.25) is 4.79 Å². The van der Waals surface area contributed by atoms with Crippen LogP contribution in [-0.4, -0.2) is 33.9 Å². The summed E-state index contributed by atoms with van der Waals surface area (Å²) in [6.45, 7) is 7.30. The van der Waals surface area contributed by atoms with E-state index in [2.05, 4.69) is 16.5 Å². The number of hydrogen-bond acceptors (Lipinski definition) is 3. The lowest BCUT2D eigenvalue weighted by atomic mass is 10.1. The summed E-state index contributed by atoms with van der Waals surface area (Å²) >= 11 is 0. The molecule has 0 spiro atoms. The van der Waals surface area contributed by atoms with Gasteiger partial charge < -0.3 is 15.6 Å². The van der Waals surface area contributed by atoms with E-state index in [0.29, 0.717) is 0 Å². The molecule has 0 aliphatic carbocycles. The number of amides is 1. The lowest BCUT2D eigenvalue weighted by molar-refractivity contribution is -0.126. The third kappa shape index (κ3) is 3.62. The number of piperidine rings is 1.